The smallest absolute Gasteiger partial charge is 0.0705 e. The maximum atomic E-state index is 4.69. The lowest BCUT2D eigenvalue weighted by Crippen LogP contribution is -2.48. The molecule has 20 heavy (non-hydrogen) atoms. The second kappa shape index (κ2) is 3.94. The van der Waals surface area contributed by atoms with Crippen LogP contribution in [0.3, 0.4) is 0 Å². The summed E-state index contributed by atoms with van der Waals surface area (Å²) in [5.41, 5.74) is 7.19. The molecule has 1 nitrogen and oxygen atoms in total. The first-order chi connectivity index (χ1) is 9.55. The highest BCUT2D eigenvalue weighted by molar-refractivity contribution is 5.61. The van der Waals surface area contributed by atoms with E-state index in [1.807, 2.05) is 0 Å². The number of hydrogen-bond acceptors (Lipinski definition) is 1. The fraction of sp³-hybridized carbons (Fsp3) is 0.421. The van der Waals surface area contributed by atoms with Crippen LogP contribution in [-0.2, 0) is 6.42 Å². The van der Waals surface area contributed by atoms with Crippen molar-refractivity contribution < 1.29 is 0 Å². The Bertz CT molecular complexity index is 667. The van der Waals surface area contributed by atoms with Gasteiger partial charge in [0.15, 0.2) is 0 Å². The molecule has 0 saturated heterocycles. The zero-order valence-electron chi connectivity index (χ0n) is 12.5. The molecule has 1 aromatic heterocycles. The largest absolute Gasteiger partial charge is 0.256 e. The van der Waals surface area contributed by atoms with E-state index < -0.39 is 0 Å². The molecule has 0 spiro atoms. The molecular weight excluding hydrogens is 242 g/mol. The Kier molecular flexibility index (Phi) is 2.39. The Balaban J connectivity index is 1.78. The zero-order valence-corrected chi connectivity index (χ0v) is 12.5. The van der Waals surface area contributed by atoms with E-state index in [0.29, 0.717) is 5.41 Å². The SMILES string of the molecule is Cc1ccc(-c2cc3c(cn2)CC2CC3C2(C)C)cc1. The highest BCUT2D eigenvalue weighted by Gasteiger charge is 2.52. The summed E-state index contributed by atoms with van der Waals surface area (Å²) in [4.78, 5) is 4.69. The normalized spacial score (nSPS) is 25.8. The molecule has 2 atom stereocenters. The zero-order chi connectivity index (χ0) is 13.9. The summed E-state index contributed by atoms with van der Waals surface area (Å²) >= 11 is 0. The van der Waals surface area contributed by atoms with Gasteiger partial charge < -0.3 is 0 Å². The van der Waals surface area contributed by atoms with Crippen molar-refractivity contribution in [2.75, 3.05) is 0 Å². The summed E-state index contributed by atoms with van der Waals surface area (Å²) in [6.45, 7) is 6.99. The average Bonchev–Trinajstić information content (AvgIpc) is 2.46. The van der Waals surface area contributed by atoms with Crippen LogP contribution in [0.2, 0.25) is 0 Å². The van der Waals surface area contributed by atoms with E-state index in [9.17, 15) is 0 Å². The number of aryl methyl sites for hydroxylation is 1. The van der Waals surface area contributed by atoms with Crippen molar-refractivity contribution in [3.63, 3.8) is 0 Å². The van der Waals surface area contributed by atoms with Crippen LogP contribution in [0.15, 0.2) is 36.5 Å². The van der Waals surface area contributed by atoms with Crippen molar-refractivity contribution in [3.05, 3.63) is 53.2 Å². The molecule has 1 aromatic carbocycles. The van der Waals surface area contributed by atoms with Crippen LogP contribution in [0, 0.1) is 18.3 Å². The van der Waals surface area contributed by atoms with Gasteiger partial charge in [-0.15, -0.1) is 0 Å². The summed E-state index contributed by atoms with van der Waals surface area (Å²) in [5.74, 6) is 1.61. The molecule has 0 radical (unpaired) electrons. The number of rotatable bonds is 1. The van der Waals surface area contributed by atoms with E-state index in [1.165, 1.54) is 29.5 Å². The molecule has 2 bridgehead atoms. The third kappa shape index (κ3) is 1.59. The molecule has 0 aliphatic heterocycles. The van der Waals surface area contributed by atoms with E-state index in [2.05, 4.69) is 57.3 Å². The minimum absolute atomic E-state index is 0.485. The van der Waals surface area contributed by atoms with Gasteiger partial charge in [-0.05, 0) is 54.2 Å². The number of pyridine rings is 1. The quantitative estimate of drug-likeness (QED) is 0.724. The molecule has 2 aromatic rings. The van der Waals surface area contributed by atoms with Crippen molar-refractivity contribution >= 4 is 0 Å². The van der Waals surface area contributed by atoms with Crippen LogP contribution in [0.25, 0.3) is 11.3 Å². The third-order valence-corrected chi connectivity index (χ3v) is 5.68. The fourth-order valence-electron chi connectivity index (χ4n) is 4.03. The predicted octanol–water partition coefficient (Wildman–Crippen LogP) is 4.74. The molecule has 2 unspecified atom stereocenters. The maximum absolute atomic E-state index is 4.69. The minimum Gasteiger partial charge on any atom is -0.256 e. The number of benzene rings is 1. The molecular formula is C19H21N. The first kappa shape index (κ1) is 12.1. The topological polar surface area (TPSA) is 12.9 Å². The molecule has 3 aliphatic rings. The summed E-state index contributed by atoms with van der Waals surface area (Å²) in [7, 11) is 0. The lowest BCUT2D eigenvalue weighted by atomic mass is 9.47. The lowest BCUT2D eigenvalue weighted by Gasteiger charge is -2.57. The Morgan fingerprint density at radius 2 is 1.90 bits per heavy atom. The van der Waals surface area contributed by atoms with Gasteiger partial charge in [-0.3, -0.25) is 4.98 Å². The predicted molar refractivity (Wildman–Crippen MR) is 82.7 cm³/mol. The number of nitrogens with zero attached hydrogens (tertiary/aromatic N) is 1. The summed E-state index contributed by atoms with van der Waals surface area (Å²) in [6.07, 6.45) is 4.72. The molecule has 0 N–H and O–H groups in total. The molecule has 102 valence electrons. The molecule has 1 heteroatoms. The van der Waals surface area contributed by atoms with Gasteiger partial charge in [0.05, 0.1) is 5.69 Å². The first-order valence-electron chi connectivity index (χ1n) is 7.61. The second-order valence-electron chi connectivity index (χ2n) is 7.15. The molecule has 1 saturated carbocycles. The van der Waals surface area contributed by atoms with E-state index in [1.54, 1.807) is 5.56 Å². The average molecular weight is 263 g/mol. The fourth-order valence-corrected chi connectivity index (χ4v) is 4.03. The van der Waals surface area contributed by atoms with Crippen LogP contribution in [0.1, 0.15) is 42.9 Å². The minimum atomic E-state index is 0.485. The van der Waals surface area contributed by atoms with Crippen LogP contribution in [0.4, 0.5) is 0 Å². The van der Waals surface area contributed by atoms with Gasteiger partial charge in [0.1, 0.15) is 0 Å². The number of aromatic nitrogens is 1. The Morgan fingerprint density at radius 1 is 1.15 bits per heavy atom. The summed E-state index contributed by atoms with van der Waals surface area (Å²) in [5, 5.41) is 0. The van der Waals surface area contributed by atoms with Gasteiger partial charge >= 0.3 is 0 Å². The molecule has 1 heterocycles. The highest BCUT2D eigenvalue weighted by atomic mass is 14.7. The first-order valence-corrected chi connectivity index (χ1v) is 7.61. The van der Waals surface area contributed by atoms with Crippen molar-refractivity contribution in [1.82, 2.24) is 4.98 Å². The summed E-state index contributed by atoms with van der Waals surface area (Å²) in [6, 6.07) is 11.0. The van der Waals surface area contributed by atoms with Crippen molar-refractivity contribution in [2.45, 2.75) is 39.5 Å². The van der Waals surface area contributed by atoms with E-state index in [0.717, 1.165) is 17.5 Å². The summed E-state index contributed by atoms with van der Waals surface area (Å²) < 4.78 is 0. The molecule has 1 fully saturated rings. The van der Waals surface area contributed by atoms with Crippen molar-refractivity contribution in [3.8, 4) is 11.3 Å². The molecule has 3 aliphatic carbocycles. The van der Waals surface area contributed by atoms with Gasteiger partial charge in [-0.2, -0.15) is 0 Å². The van der Waals surface area contributed by atoms with E-state index in [4.69, 9.17) is 4.98 Å². The van der Waals surface area contributed by atoms with Crippen LogP contribution in [-0.4, -0.2) is 4.98 Å². The van der Waals surface area contributed by atoms with E-state index >= 15 is 0 Å². The lowest BCUT2D eigenvalue weighted by molar-refractivity contribution is 0.0184. The Hall–Kier alpha value is -1.63. The van der Waals surface area contributed by atoms with E-state index in [-0.39, 0.29) is 0 Å². The molecule has 5 rings (SSSR count). The monoisotopic (exact) mass is 263 g/mol. The Morgan fingerprint density at radius 3 is 2.60 bits per heavy atom. The van der Waals surface area contributed by atoms with Gasteiger partial charge in [0, 0.05) is 11.8 Å². The molecule has 0 amide bonds. The maximum Gasteiger partial charge on any atom is 0.0705 e. The third-order valence-electron chi connectivity index (χ3n) is 5.68. The Labute approximate surface area is 121 Å². The second-order valence-corrected chi connectivity index (χ2v) is 7.15. The van der Waals surface area contributed by atoms with Crippen LogP contribution in [0.5, 0.6) is 0 Å². The van der Waals surface area contributed by atoms with Crippen molar-refractivity contribution in [1.29, 1.82) is 0 Å². The van der Waals surface area contributed by atoms with Gasteiger partial charge in [0.25, 0.3) is 0 Å². The van der Waals surface area contributed by atoms with Crippen LogP contribution >= 0.6 is 0 Å². The van der Waals surface area contributed by atoms with Gasteiger partial charge in [-0.25, -0.2) is 0 Å². The van der Waals surface area contributed by atoms with Crippen LogP contribution < -0.4 is 0 Å². The van der Waals surface area contributed by atoms with Crippen molar-refractivity contribution in [2.24, 2.45) is 11.3 Å². The highest BCUT2D eigenvalue weighted by Crippen LogP contribution is 2.62. The number of hydrogen-bond donors (Lipinski definition) is 0. The van der Waals surface area contributed by atoms with Gasteiger partial charge in [0.2, 0.25) is 0 Å². The standard InChI is InChI=1S/C19H21N/c1-12-4-6-13(7-5-12)18-10-16-14(11-20-18)8-15-9-17(16)19(15,2)3/h4-7,10-11,15,17H,8-9H2,1-3H3. The van der Waals surface area contributed by atoms with Gasteiger partial charge in [-0.1, -0.05) is 43.7 Å².